The standard InChI is InChI=1S/ClH2O2PS2/c1-6-4(2,3)5/h(H2,2,3,5). The predicted molar refractivity (Wildman–Crippen MR) is 32.2 cm³/mol. The molecule has 0 saturated heterocycles. The maximum absolute atomic E-state index is 8.14. The molecule has 0 amide bonds. The Morgan fingerprint density at radius 1 is 1.67 bits per heavy atom. The van der Waals surface area contributed by atoms with Crippen LogP contribution in [0.4, 0.5) is 0 Å². The maximum atomic E-state index is 8.14. The van der Waals surface area contributed by atoms with Crippen LogP contribution in [-0.2, 0) is 11.8 Å². The molecule has 0 aliphatic rings. The fraction of sp³-hybridized carbons (Fsp3) is 0. The van der Waals surface area contributed by atoms with Crippen molar-refractivity contribution in [2.75, 3.05) is 0 Å². The van der Waals surface area contributed by atoms with Gasteiger partial charge in [-0.05, 0) is 22.5 Å². The molecule has 0 fully saturated rings. The van der Waals surface area contributed by atoms with Gasteiger partial charge in [0.2, 0.25) is 0 Å². The highest BCUT2D eigenvalue weighted by Crippen LogP contribution is 2.52. The van der Waals surface area contributed by atoms with E-state index in [0.29, 0.717) is 10.6 Å². The zero-order chi connectivity index (χ0) is 5.21. The van der Waals surface area contributed by atoms with E-state index in [-0.39, 0.29) is 0 Å². The summed E-state index contributed by atoms with van der Waals surface area (Å²) >= 11 is 4.04. The molecule has 0 radical (unpaired) electrons. The van der Waals surface area contributed by atoms with Crippen LogP contribution in [0.2, 0.25) is 0 Å². The SMILES string of the molecule is OP(O)(=S)SCl. The summed E-state index contributed by atoms with van der Waals surface area (Å²) in [6, 6.07) is 0. The highest BCUT2D eigenvalue weighted by molar-refractivity contribution is 8.76. The Balaban J connectivity index is 3.48. The van der Waals surface area contributed by atoms with E-state index in [4.69, 9.17) is 20.5 Å². The molecule has 2 nitrogen and oxygen atoms in total. The van der Waals surface area contributed by atoms with E-state index in [9.17, 15) is 0 Å². The molecular formula is H2ClO2PS2. The number of rotatable bonds is 1. The first-order valence-electron chi connectivity index (χ1n) is 0.919. The van der Waals surface area contributed by atoms with Gasteiger partial charge in [-0.3, -0.25) is 0 Å². The molecule has 0 rings (SSSR count). The monoisotopic (exact) mass is 164 g/mol. The molecule has 0 heterocycles. The van der Waals surface area contributed by atoms with Crippen LogP contribution in [0.15, 0.2) is 0 Å². The van der Waals surface area contributed by atoms with Gasteiger partial charge in [0.25, 0.3) is 5.69 Å². The van der Waals surface area contributed by atoms with Gasteiger partial charge in [-0.1, -0.05) is 0 Å². The zero-order valence-electron chi connectivity index (χ0n) is 2.54. The average Bonchev–Trinajstić information content (AvgIpc) is 1.35. The van der Waals surface area contributed by atoms with Crippen molar-refractivity contribution in [3.8, 4) is 0 Å². The summed E-state index contributed by atoms with van der Waals surface area (Å²) in [5.74, 6) is 0. The first-order chi connectivity index (χ1) is 2.56. The molecule has 0 aliphatic carbocycles. The molecule has 2 N–H and O–H groups in total. The van der Waals surface area contributed by atoms with Gasteiger partial charge in [0.15, 0.2) is 0 Å². The molecule has 0 aromatic heterocycles. The summed E-state index contributed by atoms with van der Waals surface area (Å²) in [7, 11) is 5.23. The molecule has 0 spiro atoms. The van der Waals surface area contributed by atoms with Crippen LogP contribution >= 0.6 is 27.0 Å². The quantitative estimate of drug-likeness (QED) is 0.569. The predicted octanol–water partition coefficient (Wildman–Crippen LogP) is 1.08. The summed E-state index contributed by atoms with van der Waals surface area (Å²) < 4.78 is 0. The van der Waals surface area contributed by atoms with E-state index < -0.39 is 5.69 Å². The topological polar surface area (TPSA) is 40.5 Å². The van der Waals surface area contributed by atoms with E-state index in [1.165, 1.54) is 0 Å². The second kappa shape index (κ2) is 2.50. The second-order valence-electron chi connectivity index (χ2n) is 0.560. The van der Waals surface area contributed by atoms with Gasteiger partial charge in [0, 0.05) is 10.6 Å². The minimum Gasteiger partial charge on any atom is -0.337 e. The third kappa shape index (κ3) is 5.21. The van der Waals surface area contributed by atoms with E-state index in [0.717, 1.165) is 0 Å². The van der Waals surface area contributed by atoms with Crippen molar-refractivity contribution < 1.29 is 9.79 Å². The third-order valence-corrected chi connectivity index (χ3v) is 3.95. The zero-order valence-corrected chi connectivity index (χ0v) is 5.82. The fourth-order valence-electron chi connectivity index (χ4n) is 0. The van der Waals surface area contributed by atoms with E-state index in [1.54, 1.807) is 0 Å². The van der Waals surface area contributed by atoms with Gasteiger partial charge in [0.05, 0.1) is 0 Å². The maximum Gasteiger partial charge on any atom is 0.257 e. The van der Waals surface area contributed by atoms with Crippen LogP contribution in [0, 0.1) is 0 Å². The summed E-state index contributed by atoms with van der Waals surface area (Å²) in [5.41, 5.74) is -3.13. The molecular weight excluding hydrogens is 163 g/mol. The Bertz CT molecular complexity index is 75.6. The molecule has 0 saturated carbocycles. The highest BCUT2D eigenvalue weighted by Gasteiger charge is 2.02. The van der Waals surface area contributed by atoms with E-state index >= 15 is 0 Å². The number of halogens is 1. The van der Waals surface area contributed by atoms with Gasteiger partial charge < -0.3 is 9.79 Å². The Kier molecular flexibility index (Phi) is 3.01. The van der Waals surface area contributed by atoms with Gasteiger partial charge in [-0.2, -0.15) is 0 Å². The first-order valence-corrected chi connectivity index (χ1v) is 5.88. The Morgan fingerprint density at radius 2 is 1.83 bits per heavy atom. The summed E-state index contributed by atoms with van der Waals surface area (Å²) in [5, 5.41) is 0. The van der Waals surface area contributed by atoms with Crippen LogP contribution < -0.4 is 0 Å². The lowest BCUT2D eigenvalue weighted by molar-refractivity contribution is 0.502. The van der Waals surface area contributed by atoms with Crippen LogP contribution in [-0.4, -0.2) is 9.79 Å². The lowest BCUT2D eigenvalue weighted by Gasteiger charge is -1.94. The van der Waals surface area contributed by atoms with Crippen LogP contribution in [0.5, 0.6) is 0 Å². The molecule has 0 aliphatic heterocycles. The normalized spacial score (nSPS) is 11.8. The number of hydrogen-bond acceptors (Lipinski definition) is 2. The smallest absolute Gasteiger partial charge is 0.257 e. The molecule has 0 unspecified atom stereocenters. The van der Waals surface area contributed by atoms with Gasteiger partial charge >= 0.3 is 0 Å². The van der Waals surface area contributed by atoms with Crippen molar-refractivity contribution >= 4 is 38.8 Å². The minimum absolute atomic E-state index is 0.391. The van der Waals surface area contributed by atoms with Crippen molar-refractivity contribution in [3.05, 3.63) is 0 Å². The van der Waals surface area contributed by atoms with E-state index in [1.807, 2.05) is 0 Å². The molecule has 38 valence electrons. The highest BCUT2D eigenvalue weighted by atomic mass is 35.7. The Morgan fingerprint density at radius 3 is 1.83 bits per heavy atom. The molecule has 6 heteroatoms. The summed E-state index contributed by atoms with van der Waals surface area (Å²) in [4.78, 5) is 16.3. The van der Waals surface area contributed by atoms with Crippen molar-refractivity contribution in [3.63, 3.8) is 0 Å². The summed E-state index contributed by atoms with van der Waals surface area (Å²) in [6.45, 7) is 0. The molecule has 0 aromatic rings. The molecule has 0 bridgehead atoms. The van der Waals surface area contributed by atoms with Crippen molar-refractivity contribution in [2.45, 2.75) is 0 Å². The minimum atomic E-state index is -3.13. The fourth-order valence-corrected chi connectivity index (χ4v) is 0. The van der Waals surface area contributed by atoms with Gasteiger partial charge in [-0.25, -0.2) is 0 Å². The van der Waals surface area contributed by atoms with Crippen LogP contribution in [0.25, 0.3) is 0 Å². The van der Waals surface area contributed by atoms with E-state index in [2.05, 4.69) is 11.8 Å². The van der Waals surface area contributed by atoms with Crippen LogP contribution in [0.3, 0.4) is 0 Å². The Labute approximate surface area is 48.9 Å². The lowest BCUT2D eigenvalue weighted by atomic mass is 15.9. The second-order valence-corrected chi connectivity index (χ2v) is 7.08. The molecule has 0 aromatic carbocycles. The Hall–Kier alpha value is 1.21. The van der Waals surface area contributed by atoms with Gasteiger partial charge in [0.1, 0.15) is 0 Å². The molecule has 6 heavy (non-hydrogen) atoms. The third-order valence-electron chi connectivity index (χ3n) is 0.0899. The van der Waals surface area contributed by atoms with Crippen molar-refractivity contribution in [2.24, 2.45) is 0 Å². The summed E-state index contributed by atoms with van der Waals surface area (Å²) in [6.07, 6.45) is 0. The average molecular weight is 165 g/mol. The van der Waals surface area contributed by atoms with Crippen molar-refractivity contribution in [1.82, 2.24) is 0 Å². The lowest BCUT2D eigenvalue weighted by Crippen LogP contribution is -1.57. The molecule has 0 atom stereocenters. The number of hydrogen-bond donors (Lipinski definition) is 2. The van der Waals surface area contributed by atoms with Crippen molar-refractivity contribution in [1.29, 1.82) is 0 Å². The van der Waals surface area contributed by atoms with Gasteiger partial charge in [-0.15, -0.1) is 0 Å². The first kappa shape index (κ1) is 7.21. The van der Waals surface area contributed by atoms with Crippen LogP contribution in [0.1, 0.15) is 0 Å². The largest absolute Gasteiger partial charge is 0.337 e.